The maximum absolute atomic E-state index is 14.2. The summed E-state index contributed by atoms with van der Waals surface area (Å²) in [6, 6.07) is -0.283. The van der Waals surface area contributed by atoms with Gasteiger partial charge in [0.1, 0.15) is 60.7 Å². The van der Waals surface area contributed by atoms with E-state index in [4.69, 9.17) is 71.8 Å². The zero-order chi connectivity index (χ0) is 70.9. The number of ketones is 1. The Morgan fingerprint density at radius 1 is 0.674 bits per heavy atom. The molecule has 4 fully saturated rings. The fourth-order valence-electron chi connectivity index (χ4n) is 13.9. The molecule has 0 spiro atoms. The molecule has 4 unspecified atom stereocenters. The third-order valence-corrected chi connectivity index (χ3v) is 20.0. The molecule has 24 nitrogen and oxygen atoms in total. The minimum atomic E-state index is -1.96. The van der Waals surface area contributed by atoms with Gasteiger partial charge in [-0.1, -0.05) is 125 Å². The Kier molecular flexibility index (Phi) is 41.9. The number of carbonyl (C=O) groups is 3. The van der Waals surface area contributed by atoms with Gasteiger partial charge in [0.05, 0.1) is 93.9 Å². The van der Waals surface area contributed by atoms with Crippen molar-refractivity contribution >= 4 is 17.7 Å². The molecule has 4 aliphatic heterocycles. The average Bonchev–Trinajstić information content (AvgIpc) is 1.42. The van der Waals surface area contributed by atoms with Crippen LogP contribution in [0.15, 0.2) is 0 Å². The molecular formula is C71H133NO23. The van der Waals surface area contributed by atoms with Crippen LogP contribution in [0.5, 0.6) is 0 Å². The predicted octanol–water partition coefficient (Wildman–Crippen LogP) is 7.17. The highest BCUT2D eigenvalue weighted by atomic mass is 16.7. The number of nitrogens with zero attached hydrogens (tertiary/aromatic N) is 1. The summed E-state index contributed by atoms with van der Waals surface area (Å²) in [5.74, 6) is -4.67. The number of aliphatic hydroxyl groups excluding tert-OH is 6. The first-order valence-electron chi connectivity index (χ1n) is 36.1. The number of cyclic esters (lactones) is 1. The Morgan fingerprint density at radius 2 is 1.27 bits per heavy atom. The van der Waals surface area contributed by atoms with Crippen molar-refractivity contribution in [1.29, 1.82) is 0 Å². The number of unbranched alkanes of at least 4 members (excludes halogenated alkanes) is 14. The van der Waals surface area contributed by atoms with Crippen molar-refractivity contribution in [2.24, 2.45) is 23.7 Å². The number of esters is 2. The minimum Gasteiger partial charge on any atom is -0.463 e. The molecule has 0 saturated carbocycles. The second-order valence-corrected chi connectivity index (χ2v) is 28.1. The van der Waals surface area contributed by atoms with E-state index in [1.165, 1.54) is 105 Å². The summed E-state index contributed by atoms with van der Waals surface area (Å²) in [7, 11) is 6.77. The van der Waals surface area contributed by atoms with Crippen LogP contribution in [-0.2, 0) is 76.0 Å². The van der Waals surface area contributed by atoms with Gasteiger partial charge in [-0.25, -0.2) is 0 Å². The average molecular weight is 1370 g/mol. The first kappa shape index (κ1) is 87.1. The largest absolute Gasteiger partial charge is 0.463 e. The molecule has 0 radical (unpaired) electrons. The van der Waals surface area contributed by atoms with Crippen molar-refractivity contribution in [3.63, 3.8) is 0 Å². The molecule has 4 aliphatic rings. The molecule has 22 atom stereocenters. The lowest BCUT2D eigenvalue weighted by atomic mass is 9.74. The zero-order valence-corrected chi connectivity index (χ0v) is 61.0. The maximum atomic E-state index is 14.2. The molecular weight excluding hydrogens is 1230 g/mol. The fraction of sp³-hybridized carbons (Fsp3) is 0.958. The molecule has 0 aliphatic carbocycles. The topological polar surface area (TPSA) is 316 Å². The molecule has 4 heterocycles. The van der Waals surface area contributed by atoms with Crippen molar-refractivity contribution in [3.05, 3.63) is 0 Å². The Balaban J connectivity index is 0.000000505. The first-order chi connectivity index (χ1) is 45.2. The Hall–Kier alpha value is -2.15. The van der Waals surface area contributed by atoms with Crippen molar-refractivity contribution in [2.45, 2.75) is 320 Å². The highest BCUT2D eigenvalue weighted by molar-refractivity contribution is 5.83. The Labute approximate surface area is 570 Å². The van der Waals surface area contributed by atoms with Crippen LogP contribution in [0.2, 0.25) is 0 Å². The number of rotatable bonds is 40. The third kappa shape index (κ3) is 28.0. The van der Waals surface area contributed by atoms with Gasteiger partial charge in [0.2, 0.25) is 0 Å². The van der Waals surface area contributed by atoms with Gasteiger partial charge < -0.3 is 102 Å². The minimum absolute atomic E-state index is 0.00607. The SMILES string of the molecule is CCCCCCCCCCCCCCCCCC(=O)OCCOCC(OCCO)C1OCC(OCCO)C1OCCCO.CC[C@H]1OC(=O)[C@H](C)[C@@H](O[C@H]2C[C@@](C)(OC)[C@@H](O)[C@H](C)O2)[C@H](C)[C@@H](O[C@@H]2O[C@H](C)C[C@H](N(C)C)[C@H]2O)[C@](C)(OC)C[C@@H](C)C(=O)[C@H](C)[C@@H](O)[C@]1(C)O. The molecule has 7 N–H and O–H groups in total. The number of Topliss-reactive ketones (excluding diaryl/α,β-unsaturated/α-hetero) is 1. The van der Waals surface area contributed by atoms with E-state index in [1.807, 2.05) is 32.8 Å². The quantitative estimate of drug-likeness (QED) is 0.0236. The highest BCUT2D eigenvalue weighted by Crippen LogP contribution is 2.42. The summed E-state index contributed by atoms with van der Waals surface area (Å²) < 4.78 is 78.2. The van der Waals surface area contributed by atoms with E-state index in [0.29, 0.717) is 25.9 Å². The number of methoxy groups -OCH3 is 2. The number of hydrogen-bond donors (Lipinski definition) is 7. The molecule has 0 amide bonds. The van der Waals surface area contributed by atoms with E-state index in [9.17, 15) is 39.9 Å². The molecule has 0 aromatic carbocycles. The van der Waals surface area contributed by atoms with Gasteiger partial charge in [-0.05, 0) is 87.7 Å². The first-order valence-corrected chi connectivity index (χ1v) is 36.1. The van der Waals surface area contributed by atoms with Gasteiger partial charge in [0.25, 0.3) is 0 Å². The summed E-state index contributed by atoms with van der Waals surface area (Å²) in [6.45, 7) is 20.4. The molecule has 0 bridgehead atoms. The van der Waals surface area contributed by atoms with Crippen LogP contribution in [0.25, 0.3) is 0 Å². The molecule has 4 saturated heterocycles. The van der Waals surface area contributed by atoms with Gasteiger partial charge in [-0.2, -0.15) is 0 Å². The normalized spacial score (nSPS) is 35.5. The van der Waals surface area contributed by atoms with Gasteiger partial charge in [-0.15, -0.1) is 0 Å². The van der Waals surface area contributed by atoms with E-state index in [0.717, 1.165) is 12.8 Å². The zero-order valence-electron chi connectivity index (χ0n) is 61.0. The maximum Gasteiger partial charge on any atom is 0.311 e. The summed E-state index contributed by atoms with van der Waals surface area (Å²) in [5, 5.41) is 73.1. The Morgan fingerprint density at radius 3 is 1.83 bits per heavy atom. The number of aliphatic hydroxyl groups is 7. The molecule has 560 valence electrons. The van der Waals surface area contributed by atoms with Crippen LogP contribution in [0, 0.1) is 23.7 Å². The van der Waals surface area contributed by atoms with Gasteiger partial charge >= 0.3 is 11.9 Å². The van der Waals surface area contributed by atoms with E-state index in [-0.39, 0.29) is 103 Å². The third-order valence-electron chi connectivity index (χ3n) is 20.0. The summed E-state index contributed by atoms with van der Waals surface area (Å²) in [5.41, 5.74) is -4.24. The lowest BCUT2D eigenvalue weighted by Crippen LogP contribution is -2.61. The van der Waals surface area contributed by atoms with E-state index in [2.05, 4.69) is 6.92 Å². The van der Waals surface area contributed by atoms with Crippen molar-refractivity contribution in [3.8, 4) is 0 Å². The second-order valence-electron chi connectivity index (χ2n) is 28.1. The molecule has 95 heavy (non-hydrogen) atoms. The van der Waals surface area contributed by atoms with Crippen LogP contribution in [-0.4, -0.2) is 261 Å². The second kappa shape index (κ2) is 45.7. The number of ether oxygens (including phenoxy) is 13. The van der Waals surface area contributed by atoms with E-state index in [1.54, 1.807) is 48.5 Å². The van der Waals surface area contributed by atoms with E-state index >= 15 is 0 Å². The summed E-state index contributed by atoms with van der Waals surface area (Å²) in [4.78, 5) is 42.2. The van der Waals surface area contributed by atoms with Crippen molar-refractivity contribution in [2.75, 3.05) is 94.4 Å². The van der Waals surface area contributed by atoms with Crippen molar-refractivity contribution < 1.29 is 112 Å². The molecule has 0 aromatic heterocycles. The van der Waals surface area contributed by atoms with Crippen molar-refractivity contribution in [1.82, 2.24) is 4.90 Å². The molecule has 4 rings (SSSR count). The van der Waals surface area contributed by atoms with Crippen LogP contribution in [0.3, 0.4) is 0 Å². The van der Waals surface area contributed by atoms with Crippen LogP contribution >= 0.6 is 0 Å². The van der Waals surface area contributed by atoms with Crippen LogP contribution in [0.4, 0.5) is 0 Å². The lowest BCUT2D eigenvalue weighted by Gasteiger charge is -2.50. The summed E-state index contributed by atoms with van der Waals surface area (Å²) in [6.07, 6.45) is 9.60. The van der Waals surface area contributed by atoms with E-state index < -0.39 is 126 Å². The monoisotopic (exact) mass is 1370 g/mol. The highest BCUT2D eigenvalue weighted by Gasteiger charge is 2.54. The van der Waals surface area contributed by atoms with Gasteiger partial charge in [-0.3, -0.25) is 14.4 Å². The smallest absolute Gasteiger partial charge is 0.311 e. The van der Waals surface area contributed by atoms with Gasteiger partial charge in [0.15, 0.2) is 12.6 Å². The molecule has 24 heteroatoms. The van der Waals surface area contributed by atoms with Crippen LogP contribution in [0.1, 0.15) is 211 Å². The Bertz CT molecular complexity index is 2060. The number of carbonyl (C=O) groups excluding carboxylic acids is 3. The number of hydrogen-bond acceptors (Lipinski definition) is 24. The predicted molar refractivity (Wildman–Crippen MR) is 357 cm³/mol. The fourth-order valence-corrected chi connectivity index (χ4v) is 13.9. The molecule has 0 aromatic rings. The number of likely N-dealkylation sites (N-methyl/N-ethyl adjacent to an activating group) is 1. The standard InChI is InChI=1S/C38H69NO13.C33H64O10/c1-15-26-38(10,45)31(42)21(4)28(40)19(2)17-37(9,47-14)33(52-35-29(41)25(39(11)12)16-20(3)48-35)22(5)30(23(6)34(44)50-26)51-27-18-36(8,46-13)32(43)24(7)49-27;1-2-3-4-5-6-7-8-9-10-11-12-13-14-15-16-18-31(37)41-26-25-38-27-29(39-23-20-35)33-32(42-22-17-19-34)30(28-43-33)40-24-21-36/h19-27,29-33,35,41-43,45H,15-18H2,1-14H3;29-30,32-36H,2-28H2,1H3/t19-,20-,21+,22+,23-,24+,25+,26-,27+,29-,30+,31-,32+,33-,35+,36-,37-,38-;/m1./s1. The van der Waals surface area contributed by atoms with Gasteiger partial charge in [0, 0.05) is 64.1 Å². The van der Waals surface area contributed by atoms with Crippen LogP contribution < -0.4 is 0 Å². The summed E-state index contributed by atoms with van der Waals surface area (Å²) >= 11 is 0. The lowest BCUT2D eigenvalue weighted by molar-refractivity contribution is -0.319.